The first-order valence-corrected chi connectivity index (χ1v) is 10.7. The number of hydrogen-bond acceptors (Lipinski definition) is 9. The molecule has 0 unspecified atom stereocenters. The summed E-state index contributed by atoms with van der Waals surface area (Å²) in [6.45, 7) is 2.42. The normalized spacial score (nSPS) is 16.9. The van der Waals surface area contributed by atoms with Gasteiger partial charge in [0.1, 0.15) is 22.3 Å². The molecule has 12 heteroatoms. The molecule has 0 saturated carbocycles. The lowest BCUT2D eigenvalue weighted by molar-refractivity contribution is 0.281. The van der Waals surface area contributed by atoms with Crippen molar-refractivity contribution in [3.8, 4) is 6.07 Å². The highest BCUT2D eigenvalue weighted by Gasteiger charge is 2.30. The van der Waals surface area contributed by atoms with Gasteiger partial charge in [-0.05, 0) is 19.8 Å². The summed E-state index contributed by atoms with van der Waals surface area (Å²) in [5.41, 5.74) is 0.285. The molecule has 2 aromatic heterocycles. The lowest BCUT2D eigenvalue weighted by Gasteiger charge is -2.31. The molecule has 3 rings (SSSR count). The average molecular weight is 420 g/mol. The summed E-state index contributed by atoms with van der Waals surface area (Å²) in [6, 6.07) is 1.77. The quantitative estimate of drug-likeness (QED) is 0.568. The third-order valence-electron chi connectivity index (χ3n) is 4.67. The number of aliphatic hydroxyl groups excluding tert-OH is 1. The fourth-order valence-electron chi connectivity index (χ4n) is 3.03. The second-order valence-corrected chi connectivity index (χ2v) is 8.91. The van der Waals surface area contributed by atoms with Crippen LogP contribution < -0.4 is 10.6 Å². The second kappa shape index (κ2) is 8.73. The van der Waals surface area contributed by atoms with Gasteiger partial charge in [0.25, 0.3) is 0 Å². The van der Waals surface area contributed by atoms with E-state index >= 15 is 0 Å². The number of aryl methyl sites for hydroxylation is 1. The summed E-state index contributed by atoms with van der Waals surface area (Å²) in [5.74, 6) is 0.702. The first-order valence-electron chi connectivity index (χ1n) is 9.23. The Morgan fingerprint density at radius 1 is 1.38 bits per heavy atom. The summed E-state index contributed by atoms with van der Waals surface area (Å²) in [4.78, 5) is 8.69. The molecule has 2 aromatic rings. The van der Waals surface area contributed by atoms with Crippen LogP contribution in [-0.4, -0.2) is 69.4 Å². The van der Waals surface area contributed by atoms with Crippen molar-refractivity contribution < 1.29 is 13.5 Å². The fourth-order valence-corrected chi connectivity index (χ4v) is 4.48. The summed E-state index contributed by atoms with van der Waals surface area (Å²) >= 11 is 0. The molecular weight excluding hydrogens is 396 g/mol. The standard InChI is InChI=1S/C17H24N8O3S/c1-12(11-26)21-16-13(7-18)8-19-17(23-16)22-14-3-5-25(6-4-14)29(27,28)15-9-20-24(2)10-15/h8-10,12,14,26H,3-6,11H2,1-2H3,(H2,19,21,22,23)/t12-/m1/s1. The third-order valence-corrected chi connectivity index (χ3v) is 6.52. The predicted octanol–water partition coefficient (Wildman–Crippen LogP) is 0.140. The zero-order chi connectivity index (χ0) is 21.0. The van der Waals surface area contributed by atoms with Gasteiger partial charge >= 0.3 is 0 Å². The van der Waals surface area contributed by atoms with Crippen LogP contribution in [0.15, 0.2) is 23.5 Å². The largest absolute Gasteiger partial charge is 0.394 e. The zero-order valence-electron chi connectivity index (χ0n) is 16.3. The molecule has 29 heavy (non-hydrogen) atoms. The molecule has 0 aliphatic carbocycles. The SMILES string of the molecule is C[C@H](CO)Nc1nc(NC2CCN(S(=O)(=O)c3cnn(C)c3)CC2)ncc1C#N. The van der Waals surface area contributed by atoms with E-state index in [2.05, 4.69) is 25.7 Å². The smallest absolute Gasteiger partial charge is 0.246 e. The Balaban J connectivity index is 1.63. The van der Waals surface area contributed by atoms with Crippen molar-refractivity contribution in [3.63, 3.8) is 0 Å². The van der Waals surface area contributed by atoms with Gasteiger partial charge in [0, 0.05) is 38.4 Å². The Bertz CT molecular complexity index is 992. The minimum Gasteiger partial charge on any atom is -0.394 e. The molecule has 156 valence electrons. The van der Waals surface area contributed by atoms with Crippen LogP contribution in [0.25, 0.3) is 0 Å². The van der Waals surface area contributed by atoms with Crippen molar-refractivity contribution in [3.05, 3.63) is 24.2 Å². The van der Waals surface area contributed by atoms with Crippen LogP contribution in [0.3, 0.4) is 0 Å². The van der Waals surface area contributed by atoms with E-state index in [-0.39, 0.29) is 29.1 Å². The van der Waals surface area contributed by atoms with Crippen molar-refractivity contribution in [2.24, 2.45) is 7.05 Å². The van der Waals surface area contributed by atoms with E-state index in [1.54, 1.807) is 14.0 Å². The molecule has 3 heterocycles. The first-order chi connectivity index (χ1) is 13.8. The van der Waals surface area contributed by atoms with E-state index in [0.29, 0.717) is 37.7 Å². The van der Waals surface area contributed by atoms with Crippen molar-refractivity contribution in [1.29, 1.82) is 5.26 Å². The van der Waals surface area contributed by atoms with Gasteiger partial charge in [-0.3, -0.25) is 4.68 Å². The number of sulfonamides is 1. The number of nitriles is 1. The molecule has 0 bridgehead atoms. The maximum absolute atomic E-state index is 12.7. The second-order valence-electron chi connectivity index (χ2n) is 6.97. The van der Waals surface area contributed by atoms with Crippen molar-refractivity contribution >= 4 is 21.8 Å². The van der Waals surface area contributed by atoms with Crippen LogP contribution in [0.4, 0.5) is 11.8 Å². The van der Waals surface area contributed by atoms with Crippen molar-refractivity contribution in [2.75, 3.05) is 30.3 Å². The van der Waals surface area contributed by atoms with E-state index < -0.39 is 10.0 Å². The zero-order valence-corrected chi connectivity index (χ0v) is 17.1. The van der Waals surface area contributed by atoms with Gasteiger partial charge in [-0.2, -0.15) is 19.6 Å². The Labute approximate surface area is 169 Å². The summed E-state index contributed by atoms with van der Waals surface area (Å²) in [7, 11) is -1.87. The third kappa shape index (κ3) is 4.81. The fraction of sp³-hybridized carbons (Fsp3) is 0.529. The van der Waals surface area contributed by atoms with Gasteiger partial charge in [0.2, 0.25) is 16.0 Å². The monoisotopic (exact) mass is 420 g/mol. The number of nitrogens with one attached hydrogen (secondary N) is 2. The van der Waals surface area contributed by atoms with Crippen LogP contribution >= 0.6 is 0 Å². The lowest BCUT2D eigenvalue weighted by atomic mass is 10.1. The van der Waals surface area contributed by atoms with E-state index in [1.165, 1.54) is 27.6 Å². The molecular formula is C17H24N8O3S. The van der Waals surface area contributed by atoms with Crippen LogP contribution in [-0.2, 0) is 17.1 Å². The maximum Gasteiger partial charge on any atom is 0.246 e. The molecule has 1 fully saturated rings. The number of aliphatic hydroxyl groups is 1. The number of anilines is 2. The highest BCUT2D eigenvalue weighted by molar-refractivity contribution is 7.89. The highest BCUT2D eigenvalue weighted by Crippen LogP contribution is 2.22. The molecule has 1 aliphatic rings. The van der Waals surface area contributed by atoms with E-state index in [9.17, 15) is 18.8 Å². The first kappa shape index (κ1) is 21.0. The number of aromatic nitrogens is 4. The average Bonchev–Trinajstić information content (AvgIpc) is 3.16. The molecule has 3 N–H and O–H groups in total. The maximum atomic E-state index is 12.7. The molecule has 0 radical (unpaired) electrons. The van der Waals surface area contributed by atoms with Crippen LogP contribution in [0.5, 0.6) is 0 Å². The molecule has 1 saturated heterocycles. The van der Waals surface area contributed by atoms with Crippen molar-refractivity contribution in [1.82, 2.24) is 24.1 Å². The van der Waals surface area contributed by atoms with Crippen molar-refractivity contribution in [2.45, 2.75) is 36.7 Å². The Morgan fingerprint density at radius 2 is 2.10 bits per heavy atom. The Morgan fingerprint density at radius 3 is 2.69 bits per heavy atom. The van der Waals surface area contributed by atoms with Crippen LogP contribution in [0, 0.1) is 11.3 Å². The van der Waals surface area contributed by atoms with E-state index in [0.717, 1.165) is 0 Å². The Hall–Kier alpha value is -2.75. The number of piperidine rings is 1. The van der Waals surface area contributed by atoms with Gasteiger partial charge in [0.15, 0.2) is 0 Å². The van der Waals surface area contributed by atoms with E-state index in [1.807, 2.05) is 6.07 Å². The van der Waals surface area contributed by atoms with E-state index in [4.69, 9.17) is 0 Å². The summed E-state index contributed by atoms with van der Waals surface area (Å²) in [5, 5.41) is 28.5. The van der Waals surface area contributed by atoms with Gasteiger partial charge in [-0.25, -0.2) is 13.4 Å². The predicted molar refractivity (Wildman–Crippen MR) is 106 cm³/mol. The molecule has 0 spiro atoms. The summed E-state index contributed by atoms with van der Waals surface area (Å²) in [6.07, 6.45) is 5.46. The Kier molecular flexibility index (Phi) is 6.31. The van der Waals surface area contributed by atoms with Gasteiger partial charge in [-0.1, -0.05) is 0 Å². The molecule has 0 amide bonds. The molecule has 11 nitrogen and oxygen atoms in total. The summed E-state index contributed by atoms with van der Waals surface area (Å²) < 4.78 is 28.3. The molecule has 1 atom stereocenters. The van der Waals surface area contributed by atoms with Crippen LogP contribution in [0.1, 0.15) is 25.3 Å². The van der Waals surface area contributed by atoms with Gasteiger partial charge in [-0.15, -0.1) is 0 Å². The van der Waals surface area contributed by atoms with Gasteiger partial charge in [0.05, 0.1) is 19.0 Å². The number of nitrogens with zero attached hydrogens (tertiary/aromatic N) is 6. The molecule has 0 aromatic carbocycles. The number of rotatable bonds is 7. The molecule has 1 aliphatic heterocycles. The minimum atomic E-state index is -3.55. The topological polar surface area (TPSA) is 149 Å². The highest BCUT2D eigenvalue weighted by atomic mass is 32.2. The van der Waals surface area contributed by atoms with Crippen LogP contribution in [0.2, 0.25) is 0 Å². The minimum absolute atomic E-state index is 0.00593. The lowest BCUT2D eigenvalue weighted by Crippen LogP contribution is -2.42. The number of hydrogen-bond donors (Lipinski definition) is 3. The van der Waals surface area contributed by atoms with Gasteiger partial charge < -0.3 is 15.7 Å².